The number of pyridine rings is 1. The summed E-state index contributed by atoms with van der Waals surface area (Å²) in [5, 5.41) is 0. The first-order valence-electron chi connectivity index (χ1n) is 7.55. The van der Waals surface area contributed by atoms with Crippen molar-refractivity contribution >= 4 is 0 Å². The molecular formula is C20H17N. The van der Waals surface area contributed by atoms with Crippen LogP contribution in [0.4, 0.5) is 0 Å². The molecule has 0 unspecified atom stereocenters. The molecular weight excluding hydrogens is 254 g/mol. The fourth-order valence-electron chi connectivity index (χ4n) is 3.29. The van der Waals surface area contributed by atoms with Crippen LogP contribution in [-0.4, -0.2) is 4.98 Å². The van der Waals surface area contributed by atoms with Crippen LogP contribution in [-0.2, 0) is 12.8 Å². The largest absolute Gasteiger partial charge is 0.256 e. The number of rotatable bonds is 1. The van der Waals surface area contributed by atoms with Crippen molar-refractivity contribution in [1.29, 1.82) is 0 Å². The SMILES string of the molecule is c1ccc(-c2ccnc3c2CCCc2ccccc2-3)cc1. The van der Waals surface area contributed by atoms with Gasteiger partial charge in [-0.05, 0) is 47.6 Å². The zero-order valence-corrected chi connectivity index (χ0v) is 11.9. The number of aryl methyl sites for hydroxylation is 1. The van der Waals surface area contributed by atoms with Gasteiger partial charge in [0.05, 0.1) is 5.69 Å². The standard InChI is InChI=1S/C20H17N/c1-2-7-15(8-3-1)17-13-14-21-20-18-11-5-4-9-16(18)10-6-12-19(17)20/h1-5,7-9,11,13-14H,6,10,12H2. The van der Waals surface area contributed by atoms with Gasteiger partial charge in [-0.1, -0.05) is 54.6 Å². The van der Waals surface area contributed by atoms with Crippen LogP contribution in [0.2, 0.25) is 0 Å². The minimum atomic E-state index is 1.10. The predicted octanol–water partition coefficient (Wildman–Crippen LogP) is 4.90. The average molecular weight is 271 g/mol. The van der Waals surface area contributed by atoms with E-state index in [1.54, 1.807) is 0 Å². The molecule has 1 heterocycles. The summed E-state index contributed by atoms with van der Waals surface area (Å²) in [6.07, 6.45) is 5.38. The molecule has 1 aliphatic carbocycles. The van der Waals surface area contributed by atoms with E-state index >= 15 is 0 Å². The Morgan fingerprint density at radius 1 is 0.714 bits per heavy atom. The average Bonchev–Trinajstić information content (AvgIpc) is 2.75. The highest BCUT2D eigenvalue weighted by Crippen LogP contribution is 2.36. The maximum Gasteiger partial charge on any atom is 0.0742 e. The van der Waals surface area contributed by atoms with Gasteiger partial charge in [0.15, 0.2) is 0 Å². The molecule has 0 saturated heterocycles. The molecule has 1 nitrogen and oxygen atoms in total. The van der Waals surface area contributed by atoms with Crippen LogP contribution < -0.4 is 0 Å². The first-order valence-corrected chi connectivity index (χ1v) is 7.55. The lowest BCUT2D eigenvalue weighted by atomic mass is 9.94. The van der Waals surface area contributed by atoms with Crippen molar-refractivity contribution in [3.8, 4) is 22.4 Å². The van der Waals surface area contributed by atoms with Crippen molar-refractivity contribution in [3.05, 3.63) is 78.0 Å². The van der Waals surface area contributed by atoms with Gasteiger partial charge in [-0.2, -0.15) is 0 Å². The molecule has 0 N–H and O–H groups in total. The Morgan fingerprint density at radius 3 is 2.43 bits per heavy atom. The van der Waals surface area contributed by atoms with Gasteiger partial charge in [0, 0.05) is 11.8 Å². The Labute approximate surface area is 125 Å². The van der Waals surface area contributed by atoms with E-state index in [1.165, 1.54) is 39.9 Å². The third-order valence-corrected chi connectivity index (χ3v) is 4.29. The highest BCUT2D eigenvalue weighted by atomic mass is 14.7. The second-order valence-electron chi connectivity index (χ2n) is 5.56. The number of hydrogen-bond donors (Lipinski definition) is 0. The van der Waals surface area contributed by atoms with Gasteiger partial charge in [-0.15, -0.1) is 0 Å². The summed E-state index contributed by atoms with van der Waals surface area (Å²) in [4.78, 5) is 4.71. The molecule has 0 spiro atoms. The third-order valence-electron chi connectivity index (χ3n) is 4.29. The van der Waals surface area contributed by atoms with Crippen molar-refractivity contribution < 1.29 is 0 Å². The molecule has 0 aliphatic heterocycles. The molecule has 0 amide bonds. The Bertz CT molecular complexity index is 775. The van der Waals surface area contributed by atoms with Gasteiger partial charge >= 0.3 is 0 Å². The van der Waals surface area contributed by atoms with Gasteiger partial charge in [-0.25, -0.2) is 0 Å². The number of fused-ring (bicyclic) bond motifs is 3. The summed E-state index contributed by atoms with van der Waals surface area (Å²) in [6.45, 7) is 0. The predicted molar refractivity (Wildman–Crippen MR) is 87.1 cm³/mol. The monoisotopic (exact) mass is 271 g/mol. The van der Waals surface area contributed by atoms with Crippen LogP contribution in [0, 0.1) is 0 Å². The van der Waals surface area contributed by atoms with E-state index in [0.29, 0.717) is 0 Å². The van der Waals surface area contributed by atoms with E-state index in [9.17, 15) is 0 Å². The molecule has 4 rings (SSSR count). The highest BCUT2D eigenvalue weighted by molar-refractivity contribution is 5.77. The molecule has 102 valence electrons. The van der Waals surface area contributed by atoms with E-state index in [-0.39, 0.29) is 0 Å². The molecule has 1 aliphatic rings. The first-order chi connectivity index (χ1) is 10.4. The minimum absolute atomic E-state index is 1.10. The topological polar surface area (TPSA) is 12.9 Å². The van der Waals surface area contributed by atoms with E-state index in [1.807, 2.05) is 6.20 Å². The summed E-state index contributed by atoms with van der Waals surface area (Å²) < 4.78 is 0. The smallest absolute Gasteiger partial charge is 0.0742 e. The van der Waals surface area contributed by atoms with Crippen LogP contribution in [0.3, 0.4) is 0 Å². The lowest BCUT2D eigenvalue weighted by molar-refractivity contribution is 0.834. The van der Waals surface area contributed by atoms with E-state index in [2.05, 4.69) is 60.7 Å². The lowest BCUT2D eigenvalue weighted by Gasteiger charge is -2.13. The number of benzene rings is 2. The Kier molecular flexibility index (Phi) is 3.04. The molecule has 1 aromatic heterocycles. The Morgan fingerprint density at radius 2 is 1.52 bits per heavy atom. The molecule has 3 aromatic rings. The lowest BCUT2D eigenvalue weighted by Crippen LogP contribution is -1.95. The van der Waals surface area contributed by atoms with E-state index in [4.69, 9.17) is 4.98 Å². The maximum atomic E-state index is 4.71. The van der Waals surface area contributed by atoms with Gasteiger partial charge in [0.25, 0.3) is 0 Å². The van der Waals surface area contributed by atoms with Crippen molar-refractivity contribution in [2.24, 2.45) is 0 Å². The van der Waals surface area contributed by atoms with Crippen LogP contribution in [0.25, 0.3) is 22.4 Å². The molecule has 21 heavy (non-hydrogen) atoms. The summed E-state index contributed by atoms with van der Waals surface area (Å²) in [7, 11) is 0. The normalized spacial score (nSPS) is 13.1. The number of nitrogens with zero attached hydrogens (tertiary/aromatic N) is 1. The summed E-state index contributed by atoms with van der Waals surface area (Å²) in [5.74, 6) is 0. The van der Waals surface area contributed by atoms with Crippen LogP contribution in [0.15, 0.2) is 66.9 Å². The molecule has 0 bridgehead atoms. The molecule has 2 aromatic carbocycles. The van der Waals surface area contributed by atoms with Crippen molar-refractivity contribution in [3.63, 3.8) is 0 Å². The number of hydrogen-bond acceptors (Lipinski definition) is 1. The van der Waals surface area contributed by atoms with Gasteiger partial charge in [0.2, 0.25) is 0 Å². The molecule has 0 saturated carbocycles. The van der Waals surface area contributed by atoms with Crippen LogP contribution in [0.5, 0.6) is 0 Å². The zero-order valence-electron chi connectivity index (χ0n) is 11.9. The molecule has 0 radical (unpaired) electrons. The first kappa shape index (κ1) is 12.3. The summed E-state index contributed by atoms with van der Waals surface area (Å²) in [6, 6.07) is 21.5. The van der Waals surface area contributed by atoms with Gasteiger partial charge < -0.3 is 0 Å². The number of aromatic nitrogens is 1. The van der Waals surface area contributed by atoms with Gasteiger partial charge in [0.1, 0.15) is 0 Å². The van der Waals surface area contributed by atoms with Crippen LogP contribution in [0.1, 0.15) is 17.5 Å². The van der Waals surface area contributed by atoms with Crippen molar-refractivity contribution in [2.45, 2.75) is 19.3 Å². The van der Waals surface area contributed by atoms with Crippen LogP contribution >= 0.6 is 0 Å². The van der Waals surface area contributed by atoms with Crippen molar-refractivity contribution in [2.75, 3.05) is 0 Å². The second-order valence-corrected chi connectivity index (χ2v) is 5.56. The summed E-state index contributed by atoms with van der Waals surface area (Å²) in [5.41, 5.74) is 7.92. The van der Waals surface area contributed by atoms with E-state index in [0.717, 1.165) is 12.8 Å². The van der Waals surface area contributed by atoms with Gasteiger partial charge in [-0.3, -0.25) is 4.98 Å². The molecule has 0 atom stereocenters. The van der Waals surface area contributed by atoms with Crippen molar-refractivity contribution in [1.82, 2.24) is 4.98 Å². The second kappa shape index (κ2) is 5.17. The Hall–Kier alpha value is -2.41. The summed E-state index contributed by atoms with van der Waals surface area (Å²) >= 11 is 0. The van der Waals surface area contributed by atoms with E-state index < -0.39 is 0 Å². The third kappa shape index (κ3) is 2.15. The molecule has 1 heteroatoms. The fourth-order valence-corrected chi connectivity index (χ4v) is 3.29. The quantitative estimate of drug-likeness (QED) is 0.613. The molecule has 0 fully saturated rings. The zero-order chi connectivity index (χ0) is 14.1. The highest BCUT2D eigenvalue weighted by Gasteiger charge is 2.18. The fraction of sp³-hybridized carbons (Fsp3) is 0.150. The Balaban J connectivity index is 1.96. The minimum Gasteiger partial charge on any atom is -0.256 e. The maximum absolute atomic E-state index is 4.71.